The van der Waals surface area contributed by atoms with E-state index in [9.17, 15) is 4.79 Å². The first-order valence-corrected chi connectivity index (χ1v) is 8.01. The summed E-state index contributed by atoms with van der Waals surface area (Å²) in [6, 6.07) is 0. The largest absolute Gasteiger partial charge is 0.333 e. The summed E-state index contributed by atoms with van der Waals surface area (Å²) in [6.07, 6.45) is 10.2. The number of allylic oxidation sites excluding steroid dienone is 2. The molecule has 2 heterocycles. The highest BCUT2D eigenvalue weighted by Crippen LogP contribution is 2.43. The van der Waals surface area contributed by atoms with Crippen molar-refractivity contribution in [1.29, 1.82) is 0 Å². The molecule has 3 unspecified atom stereocenters. The summed E-state index contributed by atoms with van der Waals surface area (Å²) in [5, 5.41) is 5.55. The summed E-state index contributed by atoms with van der Waals surface area (Å²) in [5.41, 5.74) is 0.802. The quantitative estimate of drug-likeness (QED) is 0.887. The van der Waals surface area contributed by atoms with Crippen LogP contribution >= 0.6 is 11.3 Å². The van der Waals surface area contributed by atoms with Gasteiger partial charge in [0.1, 0.15) is 5.69 Å². The fraction of sp³-hybridized carbons (Fsp3) is 0.400. The Hall–Kier alpha value is -1.95. The fourth-order valence-electron chi connectivity index (χ4n) is 3.33. The predicted molar refractivity (Wildman–Crippen MR) is 81.8 cm³/mol. The standard InChI is InChI=1S/C15H16N4OS/c1-19-5-4-16-13(19)12-8-21-15(17-12)18-14(20)11-7-9-2-3-10(11)6-9/h2-5,8-11H,6-7H2,1H3,(H,17,18,20). The van der Waals surface area contributed by atoms with Crippen LogP contribution in [0.2, 0.25) is 0 Å². The first-order chi connectivity index (χ1) is 10.2. The third kappa shape index (κ3) is 2.19. The van der Waals surface area contributed by atoms with Crippen LogP contribution in [0.4, 0.5) is 5.13 Å². The van der Waals surface area contributed by atoms with Crippen molar-refractivity contribution in [2.45, 2.75) is 12.8 Å². The molecular weight excluding hydrogens is 284 g/mol. The van der Waals surface area contributed by atoms with E-state index in [4.69, 9.17) is 0 Å². The zero-order chi connectivity index (χ0) is 14.4. The van der Waals surface area contributed by atoms with Crippen molar-refractivity contribution >= 4 is 22.4 Å². The molecule has 108 valence electrons. The molecule has 6 heteroatoms. The summed E-state index contributed by atoms with van der Waals surface area (Å²) >= 11 is 1.45. The smallest absolute Gasteiger partial charge is 0.229 e. The zero-order valence-electron chi connectivity index (χ0n) is 11.7. The molecule has 1 saturated carbocycles. The molecule has 0 radical (unpaired) electrons. The molecular formula is C15H16N4OS. The number of carbonyl (C=O) groups is 1. The molecule has 0 aromatic carbocycles. The molecule has 2 aromatic heterocycles. The van der Waals surface area contributed by atoms with Crippen molar-refractivity contribution in [2.24, 2.45) is 24.8 Å². The Labute approximate surface area is 126 Å². The lowest BCUT2D eigenvalue weighted by Gasteiger charge is -2.16. The van der Waals surface area contributed by atoms with Gasteiger partial charge in [0.2, 0.25) is 5.91 Å². The molecule has 5 nitrogen and oxygen atoms in total. The van der Waals surface area contributed by atoms with Crippen LogP contribution in [0.1, 0.15) is 12.8 Å². The van der Waals surface area contributed by atoms with Crippen LogP contribution in [0.15, 0.2) is 29.9 Å². The third-order valence-corrected chi connectivity index (χ3v) is 5.16. The molecule has 0 saturated heterocycles. The molecule has 1 amide bonds. The molecule has 1 fully saturated rings. The number of thiazole rings is 1. The number of hydrogen-bond donors (Lipinski definition) is 1. The van der Waals surface area contributed by atoms with E-state index in [2.05, 4.69) is 27.4 Å². The van der Waals surface area contributed by atoms with Crippen molar-refractivity contribution < 1.29 is 4.79 Å². The van der Waals surface area contributed by atoms with Crippen LogP contribution in [0.3, 0.4) is 0 Å². The number of fused-ring (bicyclic) bond motifs is 2. The lowest BCUT2D eigenvalue weighted by molar-refractivity contribution is -0.120. The first kappa shape index (κ1) is 12.8. The number of anilines is 1. The van der Waals surface area contributed by atoms with Crippen LogP contribution < -0.4 is 5.32 Å². The lowest BCUT2D eigenvalue weighted by atomic mass is 9.93. The van der Waals surface area contributed by atoms with Crippen molar-refractivity contribution in [3.8, 4) is 11.5 Å². The molecule has 21 heavy (non-hydrogen) atoms. The second-order valence-corrected chi connectivity index (χ2v) is 6.63. The minimum atomic E-state index is 0.104. The van der Waals surface area contributed by atoms with E-state index in [1.807, 2.05) is 23.2 Å². The van der Waals surface area contributed by atoms with Crippen LogP contribution in [0, 0.1) is 17.8 Å². The molecule has 2 bridgehead atoms. The molecule has 1 N–H and O–H groups in total. The number of aryl methyl sites for hydroxylation is 1. The van der Waals surface area contributed by atoms with Gasteiger partial charge in [0, 0.05) is 30.7 Å². The van der Waals surface area contributed by atoms with Crippen molar-refractivity contribution in [2.75, 3.05) is 5.32 Å². The minimum Gasteiger partial charge on any atom is -0.333 e. The second-order valence-electron chi connectivity index (χ2n) is 5.78. The van der Waals surface area contributed by atoms with Gasteiger partial charge in [-0.3, -0.25) is 4.79 Å². The SMILES string of the molecule is Cn1ccnc1-c1csc(NC(=O)C2CC3C=CC2C3)n1. The lowest BCUT2D eigenvalue weighted by Crippen LogP contribution is -2.25. The maximum atomic E-state index is 12.4. The highest BCUT2D eigenvalue weighted by Gasteiger charge is 2.39. The average molecular weight is 300 g/mol. The van der Waals surface area contributed by atoms with Crippen LogP contribution in [0.25, 0.3) is 11.5 Å². The van der Waals surface area contributed by atoms with Gasteiger partial charge in [-0.2, -0.15) is 0 Å². The zero-order valence-corrected chi connectivity index (χ0v) is 12.5. The summed E-state index contributed by atoms with van der Waals surface area (Å²) in [7, 11) is 1.93. The van der Waals surface area contributed by atoms with Crippen molar-refractivity contribution in [3.63, 3.8) is 0 Å². The van der Waals surface area contributed by atoms with E-state index in [0.29, 0.717) is 17.0 Å². The van der Waals surface area contributed by atoms with E-state index in [-0.39, 0.29) is 11.8 Å². The average Bonchev–Trinajstić information content (AvgIpc) is 3.21. The minimum absolute atomic E-state index is 0.104. The normalized spacial score (nSPS) is 26.4. The van der Waals surface area contributed by atoms with Gasteiger partial charge in [-0.05, 0) is 24.7 Å². The third-order valence-electron chi connectivity index (χ3n) is 4.40. The van der Waals surface area contributed by atoms with Gasteiger partial charge in [-0.15, -0.1) is 11.3 Å². The Morgan fingerprint density at radius 3 is 3.00 bits per heavy atom. The van der Waals surface area contributed by atoms with Crippen molar-refractivity contribution in [3.05, 3.63) is 29.9 Å². The van der Waals surface area contributed by atoms with Crippen LogP contribution in [-0.4, -0.2) is 20.4 Å². The molecule has 3 atom stereocenters. The number of amides is 1. The highest BCUT2D eigenvalue weighted by molar-refractivity contribution is 7.14. The number of nitrogens with zero attached hydrogens (tertiary/aromatic N) is 3. The van der Waals surface area contributed by atoms with Crippen LogP contribution in [0.5, 0.6) is 0 Å². The topological polar surface area (TPSA) is 59.8 Å². The van der Waals surface area contributed by atoms with Crippen molar-refractivity contribution in [1.82, 2.24) is 14.5 Å². The van der Waals surface area contributed by atoms with E-state index in [0.717, 1.165) is 24.4 Å². The first-order valence-electron chi connectivity index (χ1n) is 7.13. The van der Waals surface area contributed by atoms with Gasteiger partial charge in [0.05, 0.1) is 0 Å². The molecule has 2 aromatic rings. The van der Waals surface area contributed by atoms with Gasteiger partial charge in [-0.1, -0.05) is 12.2 Å². The number of rotatable bonds is 3. The Kier molecular flexibility index (Phi) is 2.92. The van der Waals surface area contributed by atoms with Gasteiger partial charge in [0.25, 0.3) is 0 Å². The van der Waals surface area contributed by atoms with E-state index >= 15 is 0 Å². The van der Waals surface area contributed by atoms with E-state index in [1.54, 1.807) is 6.20 Å². The number of aromatic nitrogens is 3. The summed E-state index contributed by atoms with van der Waals surface area (Å²) in [5.74, 6) is 2.05. The molecule has 2 aliphatic carbocycles. The highest BCUT2D eigenvalue weighted by atomic mass is 32.1. The number of carbonyl (C=O) groups excluding carboxylic acids is 1. The maximum Gasteiger partial charge on any atom is 0.229 e. The molecule has 2 aliphatic rings. The van der Waals surface area contributed by atoms with Crippen LogP contribution in [-0.2, 0) is 11.8 Å². The van der Waals surface area contributed by atoms with E-state index in [1.165, 1.54) is 11.3 Å². The van der Waals surface area contributed by atoms with Gasteiger partial charge >= 0.3 is 0 Å². The van der Waals surface area contributed by atoms with Gasteiger partial charge in [-0.25, -0.2) is 9.97 Å². The monoisotopic (exact) mass is 300 g/mol. The van der Waals surface area contributed by atoms with E-state index < -0.39 is 0 Å². The Morgan fingerprint density at radius 2 is 2.33 bits per heavy atom. The summed E-state index contributed by atoms with van der Waals surface area (Å²) in [6.45, 7) is 0. The molecule has 4 rings (SSSR count). The number of nitrogens with one attached hydrogen (secondary N) is 1. The number of hydrogen-bond acceptors (Lipinski definition) is 4. The Bertz CT molecular complexity index is 717. The fourth-order valence-corrected chi connectivity index (χ4v) is 4.02. The Morgan fingerprint density at radius 1 is 1.43 bits per heavy atom. The van der Waals surface area contributed by atoms with Gasteiger partial charge < -0.3 is 9.88 Å². The Balaban J connectivity index is 1.48. The number of imidazole rings is 1. The molecule has 0 aliphatic heterocycles. The molecule has 0 spiro atoms. The van der Waals surface area contributed by atoms with Gasteiger partial charge in [0.15, 0.2) is 11.0 Å². The summed E-state index contributed by atoms with van der Waals surface area (Å²) in [4.78, 5) is 21.1. The maximum absolute atomic E-state index is 12.4. The predicted octanol–water partition coefficient (Wildman–Crippen LogP) is 2.69. The second kappa shape index (κ2) is 4.80. The summed E-state index contributed by atoms with van der Waals surface area (Å²) < 4.78 is 1.92.